The zero-order valence-electron chi connectivity index (χ0n) is 39.2. The first-order valence-electron chi connectivity index (χ1n) is 25.8. The van der Waals surface area contributed by atoms with Gasteiger partial charge in [0.2, 0.25) is 0 Å². The van der Waals surface area contributed by atoms with Gasteiger partial charge in [-0.1, -0.05) is 233 Å². The SMILES string of the molecule is CCCCCCCCCCCCCCc1cc(-c2cc(CCCCCCCCCCCCCC)c(Br)s2)sc1Br.CCCCCCCCCCCCCCc1ccsc1Br. The van der Waals surface area contributed by atoms with Crippen molar-refractivity contribution in [2.24, 2.45) is 0 Å². The maximum Gasteiger partial charge on any atom is 0.0737 e. The normalized spacial score (nSPS) is 11.4. The molecule has 0 N–H and O–H groups in total. The van der Waals surface area contributed by atoms with Crippen molar-refractivity contribution in [3.05, 3.63) is 51.6 Å². The molecule has 0 fully saturated rings. The molecule has 0 aliphatic rings. The lowest BCUT2D eigenvalue weighted by atomic mass is 10.0. The van der Waals surface area contributed by atoms with Gasteiger partial charge in [0.1, 0.15) is 0 Å². The highest BCUT2D eigenvalue weighted by Gasteiger charge is 2.14. The van der Waals surface area contributed by atoms with Crippen molar-refractivity contribution in [3.8, 4) is 9.75 Å². The maximum atomic E-state index is 3.88. The molecular formula is C54H91Br3S3. The fraction of sp³-hybridized carbons (Fsp3) is 0.778. The lowest BCUT2D eigenvalue weighted by molar-refractivity contribution is 0.544. The Bertz CT molecular complexity index is 1290. The third-order valence-corrected chi connectivity index (χ3v) is 18.3. The van der Waals surface area contributed by atoms with Gasteiger partial charge in [-0.3, -0.25) is 0 Å². The fourth-order valence-corrected chi connectivity index (χ4v) is 13.3. The summed E-state index contributed by atoms with van der Waals surface area (Å²) in [5, 5.41) is 2.18. The number of hydrogen-bond donors (Lipinski definition) is 0. The first-order chi connectivity index (χ1) is 29.5. The van der Waals surface area contributed by atoms with Gasteiger partial charge in [0, 0.05) is 9.75 Å². The molecule has 346 valence electrons. The molecule has 3 aromatic heterocycles. The quantitative estimate of drug-likeness (QED) is 0.0498. The third-order valence-electron chi connectivity index (χ3n) is 12.3. The van der Waals surface area contributed by atoms with Crippen molar-refractivity contribution in [2.45, 2.75) is 271 Å². The van der Waals surface area contributed by atoms with Crippen LogP contribution in [0.25, 0.3) is 9.75 Å². The van der Waals surface area contributed by atoms with Crippen molar-refractivity contribution in [1.82, 2.24) is 0 Å². The largest absolute Gasteiger partial charge is 0.137 e. The third kappa shape index (κ3) is 29.9. The molecule has 0 bridgehead atoms. The molecule has 0 unspecified atom stereocenters. The highest BCUT2D eigenvalue weighted by molar-refractivity contribution is 9.11. The zero-order chi connectivity index (χ0) is 43.1. The summed E-state index contributed by atoms with van der Waals surface area (Å²) >= 11 is 17.0. The average molecular weight is 1080 g/mol. The van der Waals surface area contributed by atoms with Crippen molar-refractivity contribution in [3.63, 3.8) is 0 Å². The van der Waals surface area contributed by atoms with Crippen LogP contribution in [0.2, 0.25) is 0 Å². The first kappa shape index (κ1) is 56.7. The van der Waals surface area contributed by atoms with Crippen LogP contribution in [0, 0.1) is 0 Å². The lowest BCUT2D eigenvalue weighted by Gasteiger charge is -2.03. The van der Waals surface area contributed by atoms with Gasteiger partial charge in [-0.05, 0) is 127 Å². The van der Waals surface area contributed by atoms with Crippen LogP contribution in [0.1, 0.15) is 269 Å². The Labute approximate surface area is 410 Å². The molecule has 3 heterocycles. The summed E-state index contributed by atoms with van der Waals surface area (Å²) in [6, 6.07) is 7.17. The lowest BCUT2D eigenvalue weighted by Crippen LogP contribution is -1.86. The minimum absolute atomic E-state index is 1.22. The van der Waals surface area contributed by atoms with E-state index < -0.39 is 0 Å². The van der Waals surface area contributed by atoms with E-state index in [0.29, 0.717) is 0 Å². The minimum Gasteiger partial charge on any atom is -0.137 e. The maximum absolute atomic E-state index is 3.88. The minimum atomic E-state index is 1.22. The van der Waals surface area contributed by atoms with Gasteiger partial charge >= 0.3 is 0 Å². The molecule has 0 aliphatic heterocycles. The van der Waals surface area contributed by atoms with Crippen LogP contribution < -0.4 is 0 Å². The first-order valence-corrected chi connectivity index (χ1v) is 30.7. The standard InChI is InChI=1S/C36H60Br2S2.C18H31BrS/c1-3-5-7-9-11-13-15-17-19-21-23-25-27-31-29-33(39-35(31)37)34-30-32(36(38)40-34)28-26-24-22-20-18-16-14-12-10-8-6-4-2;1-2-3-4-5-6-7-8-9-10-11-12-13-14-17-15-16-20-18(17)19/h29-30H,3-28H2,1-2H3;15-16H,2-14H2,1H3. The molecule has 3 aromatic rings. The summed E-state index contributed by atoms with van der Waals surface area (Å²) in [5.74, 6) is 0. The Morgan fingerprint density at radius 3 is 0.817 bits per heavy atom. The second-order valence-corrected chi connectivity index (χ2v) is 24.9. The van der Waals surface area contributed by atoms with E-state index in [9.17, 15) is 0 Å². The Hall–Kier alpha value is 0.540. The van der Waals surface area contributed by atoms with E-state index in [-0.39, 0.29) is 0 Å². The second kappa shape index (κ2) is 41.0. The summed E-state index contributed by atoms with van der Waals surface area (Å²) in [5.41, 5.74) is 4.53. The molecule has 0 atom stereocenters. The van der Waals surface area contributed by atoms with Crippen LogP contribution in [-0.4, -0.2) is 0 Å². The molecule has 0 saturated carbocycles. The van der Waals surface area contributed by atoms with Crippen molar-refractivity contribution >= 4 is 81.8 Å². The van der Waals surface area contributed by atoms with Crippen molar-refractivity contribution in [1.29, 1.82) is 0 Å². The summed E-state index contributed by atoms with van der Waals surface area (Å²) in [6.45, 7) is 6.89. The van der Waals surface area contributed by atoms with E-state index in [1.54, 1.807) is 11.3 Å². The summed E-state index contributed by atoms with van der Waals surface area (Å²) in [7, 11) is 0. The van der Waals surface area contributed by atoms with E-state index in [2.05, 4.69) is 92.1 Å². The van der Waals surface area contributed by atoms with Gasteiger partial charge in [0.15, 0.2) is 0 Å². The Balaban J connectivity index is 0.000000518. The van der Waals surface area contributed by atoms with Crippen molar-refractivity contribution < 1.29 is 0 Å². The van der Waals surface area contributed by atoms with Gasteiger partial charge in [-0.15, -0.1) is 34.0 Å². The highest BCUT2D eigenvalue weighted by atomic mass is 79.9. The van der Waals surface area contributed by atoms with Gasteiger partial charge < -0.3 is 0 Å². The molecule has 0 saturated heterocycles. The summed E-state index contributed by atoms with van der Waals surface area (Å²) in [4.78, 5) is 2.87. The highest BCUT2D eigenvalue weighted by Crippen LogP contribution is 2.42. The molecule has 0 nitrogen and oxygen atoms in total. The average Bonchev–Trinajstić information content (AvgIpc) is 3.96. The van der Waals surface area contributed by atoms with Crippen LogP contribution in [0.5, 0.6) is 0 Å². The summed E-state index contributed by atoms with van der Waals surface area (Å²) in [6.07, 6.45) is 54.9. The Kier molecular flexibility index (Phi) is 38.7. The topological polar surface area (TPSA) is 0 Å². The molecule has 0 spiro atoms. The molecule has 3 rings (SSSR count). The van der Waals surface area contributed by atoms with E-state index in [4.69, 9.17) is 0 Å². The predicted octanol–water partition coefficient (Wildman–Crippen LogP) is 23.2. The zero-order valence-corrected chi connectivity index (χ0v) is 46.5. The van der Waals surface area contributed by atoms with Gasteiger partial charge in [-0.2, -0.15) is 0 Å². The van der Waals surface area contributed by atoms with Crippen LogP contribution in [0.4, 0.5) is 0 Å². The van der Waals surface area contributed by atoms with Gasteiger partial charge in [0.05, 0.1) is 11.4 Å². The Morgan fingerprint density at radius 2 is 0.567 bits per heavy atom. The molecule has 0 aliphatic carbocycles. The van der Waals surface area contributed by atoms with E-state index in [1.165, 1.54) is 288 Å². The van der Waals surface area contributed by atoms with E-state index >= 15 is 0 Å². The number of halogens is 3. The number of unbranched alkanes of at least 4 members (excludes halogenated alkanes) is 33. The van der Waals surface area contributed by atoms with E-state index in [0.717, 1.165) is 0 Å². The van der Waals surface area contributed by atoms with Crippen LogP contribution >= 0.6 is 81.8 Å². The number of rotatable bonds is 40. The smallest absolute Gasteiger partial charge is 0.0737 e. The number of aryl methyl sites for hydroxylation is 3. The van der Waals surface area contributed by atoms with Gasteiger partial charge in [-0.25, -0.2) is 0 Å². The fourth-order valence-electron chi connectivity index (χ4n) is 8.36. The number of hydrogen-bond acceptors (Lipinski definition) is 3. The molecule has 0 amide bonds. The monoisotopic (exact) mass is 1070 g/mol. The van der Waals surface area contributed by atoms with Crippen LogP contribution in [0.15, 0.2) is 34.9 Å². The molecule has 0 aromatic carbocycles. The molecule has 60 heavy (non-hydrogen) atoms. The molecule has 6 heteroatoms. The molecular weight excluding hydrogens is 985 g/mol. The van der Waals surface area contributed by atoms with Crippen LogP contribution in [-0.2, 0) is 19.3 Å². The van der Waals surface area contributed by atoms with E-state index in [1.807, 2.05) is 22.7 Å². The second-order valence-electron chi connectivity index (χ2n) is 18.0. The van der Waals surface area contributed by atoms with Gasteiger partial charge in [0.25, 0.3) is 0 Å². The van der Waals surface area contributed by atoms with Crippen LogP contribution in [0.3, 0.4) is 0 Å². The Morgan fingerprint density at radius 1 is 0.317 bits per heavy atom. The van der Waals surface area contributed by atoms with Crippen molar-refractivity contribution in [2.75, 3.05) is 0 Å². The summed E-state index contributed by atoms with van der Waals surface area (Å²) < 4.78 is 4.02. The molecule has 0 radical (unpaired) electrons. The predicted molar refractivity (Wildman–Crippen MR) is 289 cm³/mol. The number of thiophene rings is 3.